The standard InChI is InChI=1S/C16H22ClN3O/c1-16(2,18)10-20-7-5-11(6-8-20)15-19-13-9-12(17)3-4-14(13)21-15/h3-4,9,11H,5-8,10,18H2,1-2H3. The lowest BCUT2D eigenvalue weighted by molar-refractivity contribution is 0.171. The minimum absolute atomic E-state index is 0.138. The highest BCUT2D eigenvalue weighted by Crippen LogP contribution is 2.31. The summed E-state index contributed by atoms with van der Waals surface area (Å²) in [7, 11) is 0. The highest BCUT2D eigenvalue weighted by Gasteiger charge is 2.26. The molecule has 21 heavy (non-hydrogen) atoms. The molecule has 2 aromatic rings. The summed E-state index contributed by atoms with van der Waals surface area (Å²) >= 11 is 5.99. The van der Waals surface area contributed by atoms with Crippen LogP contribution < -0.4 is 5.73 Å². The lowest BCUT2D eigenvalue weighted by Gasteiger charge is -2.34. The van der Waals surface area contributed by atoms with E-state index in [-0.39, 0.29) is 5.54 Å². The Bertz CT molecular complexity index is 624. The van der Waals surface area contributed by atoms with Gasteiger partial charge in [-0.15, -0.1) is 0 Å². The van der Waals surface area contributed by atoms with E-state index in [1.165, 1.54) is 0 Å². The predicted octanol–water partition coefficient (Wildman–Crippen LogP) is 3.40. The third-order valence-electron chi connectivity index (χ3n) is 3.93. The van der Waals surface area contributed by atoms with Crippen LogP contribution in [0.4, 0.5) is 0 Å². The van der Waals surface area contributed by atoms with Gasteiger partial charge in [0.15, 0.2) is 11.5 Å². The number of fused-ring (bicyclic) bond motifs is 1. The van der Waals surface area contributed by atoms with Crippen LogP contribution >= 0.6 is 11.6 Å². The van der Waals surface area contributed by atoms with Crippen LogP contribution in [0.25, 0.3) is 11.1 Å². The molecule has 0 spiro atoms. The van der Waals surface area contributed by atoms with Gasteiger partial charge in [-0.1, -0.05) is 11.6 Å². The van der Waals surface area contributed by atoms with Crippen molar-refractivity contribution in [2.24, 2.45) is 5.73 Å². The minimum atomic E-state index is -0.138. The molecule has 1 aromatic carbocycles. The second kappa shape index (κ2) is 5.59. The highest BCUT2D eigenvalue weighted by atomic mass is 35.5. The number of nitrogens with two attached hydrogens (primary N) is 1. The number of halogens is 1. The fourth-order valence-electron chi connectivity index (χ4n) is 3.01. The van der Waals surface area contributed by atoms with Crippen LogP contribution in [0.15, 0.2) is 22.6 Å². The number of benzene rings is 1. The fourth-order valence-corrected chi connectivity index (χ4v) is 3.17. The molecule has 0 saturated carbocycles. The highest BCUT2D eigenvalue weighted by molar-refractivity contribution is 6.31. The van der Waals surface area contributed by atoms with E-state index >= 15 is 0 Å². The molecule has 3 rings (SSSR count). The molecule has 1 aliphatic heterocycles. The third kappa shape index (κ3) is 3.57. The molecule has 2 heterocycles. The SMILES string of the molecule is CC(C)(N)CN1CCC(c2nc3cc(Cl)ccc3o2)CC1. The molecule has 0 aliphatic carbocycles. The maximum absolute atomic E-state index is 6.09. The van der Waals surface area contributed by atoms with Gasteiger partial charge in [0, 0.05) is 23.0 Å². The normalized spacial score (nSPS) is 18.5. The molecule has 1 saturated heterocycles. The average Bonchev–Trinajstić information content (AvgIpc) is 2.80. The first-order chi connectivity index (χ1) is 9.90. The first kappa shape index (κ1) is 14.8. The number of rotatable bonds is 3. The van der Waals surface area contributed by atoms with Crippen molar-refractivity contribution in [3.63, 3.8) is 0 Å². The monoisotopic (exact) mass is 307 g/mol. The number of piperidine rings is 1. The van der Waals surface area contributed by atoms with Crippen LogP contribution in [-0.4, -0.2) is 35.1 Å². The van der Waals surface area contributed by atoms with Crippen LogP contribution in [0.5, 0.6) is 0 Å². The Labute approximate surface area is 130 Å². The van der Waals surface area contributed by atoms with Gasteiger partial charge in [0.05, 0.1) is 0 Å². The molecule has 1 fully saturated rings. The first-order valence-corrected chi connectivity index (χ1v) is 7.86. The van der Waals surface area contributed by atoms with Crippen molar-refractivity contribution in [3.8, 4) is 0 Å². The Balaban J connectivity index is 1.68. The molecule has 0 atom stereocenters. The Kier molecular flexibility index (Phi) is 3.95. The van der Waals surface area contributed by atoms with Gasteiger partial charge in [-0.2, -0.15) is 0 Å². The van der Waals surface area contributed by atoms with Crippen molar-refractivity contribution in [2.75, 3.05) is 19.6 Å². The van der Waals surface area contributed by atoms with Crippen molar-refractivity contribution in [1.29, 1.82) is 0 Å². The van der Waals surface area contributed by atoms with Crippen molar-refractivity contribution >= 4 is 22.7 Å². The van der Waals surface area contributed by atoms with Crippen molar-refractivity contribution in [1.82, 2.24) is 9.88 Å². The van der Waals surface area contributed by atoms with Crippen LogP contribution in [0.3, 0.4) is 0 Å². The molecular weight excluding hydrogens is 286 g/mol. The van der Waals surface area contributed by atoms with Gasteiger partial charge >= 0.3 is 0 Å². The molecule has 4 nitrogen and oxygen atoms in total. The number of hydrogen-bond acceptors (Lipinski definition) is 4. The quantitative estimate of drug-likeness (QED) is 0.944. The van der Waals surface area contributed by atoms with Crippen LogP contribution in [0, 0.1) is 0 Å². The molecule has 0 unspecified atom stereocenters. The van der Waals surface area contributed by atoms with Gasteiger partial charge in [-0.25, -0.2) is 4.98 Å². The van der Waals surface area contributed by atoms with Crippen molar-refractivity contribution < 1.29 is 4.42 Å². The van der Waals surface area contributed by atoms with Gasteiger partial charge in [-0.3, -0.25) is 0 Å². The van der Waals surface area contributed by atoms with Crippen molar-refractivity contribution in [2.45, 2.75) is 38.1 Å². The lowest BCUT2D eigenvalue weighted by atomic mass is 9.95. The number of nitrogens with zero attached hydrogens (tertiary/aromatic N) is 2. The van der Waals surface area contributed by atoms with E-state index in [2.05, 4.69) is 23.7 Å². The molecule has 5 heteroatoms. The zero-order chi connectivity index (χ0) is 15.0. The fraction of sp³-hybridized carbons (Fsp3) is 0.562. The van der Waals surface area contributed by atoms with Gasteiger partial charge < -0.3 is 15.1 Å². The van der Waals surface area contributed by atoms with E-state index in [4.69, 9.17) is 21.8 Å². The van der Waals surface area contributed by atoms with E-state index < -0.39 is 0 Å². The minimum Gasteiger partial charge on any atom is -0.440 e. The molecule has 0 radical (unpaired) electrons. The summed E-state index contributed by atoms with van der Waals surface area (Å²) in [5.74, 6) is 1.24. The number of hydrogen-bond donors (Lipinski definition) is 1. The third-order valence-corrected chi connectivity index (χ3v) is 4.17. The number of aromatic nitrogens is 1. The van der Waals surface area contributed by atoms with Crippen molar-refractivity contribution in [3.05, 3.63) is 29.1 Å². The number of likely N-dealkylation sites (tertiary alicyclic amines) is 1. The van der Waals surface area contributed by atoms with E-state index in [0.717, 1.165) is 49.5 Å². The Morgan fingerprint density at radius 3 is 2.76 bits per heavy atom. The molecule has 0 bridgehead atoms. The summed E-state index contributed by atoms with van der Waals surface area (Å²) < 4.78 is 5.89. The van der Waals surface area contributed by atoms with E-state index in [0.29, 0.717) is 10.9 Å². The van der Waals surface area contributed by atoms with Crippen LogP contribution in [0.1, 0.15) is 38.5 Å². The molecular formula is C16H22ClN3O. The maximum atomic E-state index is 6.09. The first-order valence-electron chi connectivity index (χ1n) is 7.48. The lowest BCUT2D eigenvalue weighted by Crippen LogP contribution is -2.47. The topological polar surface area (TPSA) is 55.3 Å². The maximum Gasteiger partial charge on any atom is 0.198 e. The summed E-state index contributed by atoms with van der Waals surface area (Å²) in [5, 5.41) is 0.697. The van der Waals surface area contributed by atoms with E-state index in [1.54, 1.807) is 0 Å². The largest absolute Gasteiger partial charge is 0.440 e. The molecule has 1 aliphatic rings. The molecule has 114 valence electrons. The Morgan fingerprint density at radius 1 is 1.38 bits per heavy atom. The average molecular weight is 308 g/mol. The van der Waals surface area contributed by atoms with Gasteiger partial charge in [-0.05, 0) is 58.0 Å². The smallest absolute Gasteiger partial charge is 0.198 e. The Hall–Kier alpha value is -1.10. The second-order valence-electron chi connectivity index (χ2n) is 6.70. The zero-order valence-electron chi connectivity index (χ0n) is 12.6. The molecule has 2 N–H and O–H groups in total. The summed E-state index contributed by atoms with van der Waals surface area (Å²) in [6.45, 7) is 7.17. The van der Waals surface area contributed by atoms with E-state index in [1.807, 2.05) is 18.2 Å². The number of oxazole rings is 1. The summed E-state index contributed by atoms with van der Waals surface area (Å²) in [5.41, 5.74) is 7.62. The van der Waals surface area contributed by atoms with Gasteiger partial charge in [0.25, 0.3) is 0 Å². The summed E-state index contributed by atoms with van der Waals surface area (Å²) in [6, 6.07) is 5.58. The van der Waals surface area contributed by atoms with E-state index in [9.17, 15) is 0 Å². The van der Waals surface area contributed by atoms with Gasteiger partial charge in [0.1, 0.15) is 5.52 Å². The Morgan fingerprint density at radius 2 is 2.10 bits per heavy atom. The second-order valence-corrected chi connectivity index (χ2v) is 7.14. The van der Waals surface area contributed by atoms with Crippen LogP contribution in [-0.2, 0) is 0 Å². The predicted molar refractivity (Wildman–Crippen MR) is 85.7 cm³/mol. The van der Waals surface area contributed by atoms with Gasteiger partial charge in [0.2, 0.25) is 0 Å². The summed E-state index contributed by atoms with van der Waals surface area (Å²) in [6.07, 6.45) is 2.13. The molecule has 0 amide bonds. The molecule has 1 aromatic heterocycles. The summed E-state index contributed by atoms with van der Waals surface area (Å²) in [4.78, 5) is 7.03. The van der Waals surface area contributed by atoms with Crippen LogP contribution in [0.2, 0.25) is 5.02 Å². The zero-order valence-corrected chi connectivity index (χ0v) is 13.4.